The van der Waals surface area contributed by atoms with Gasteiger partial charge in [0.05, 0.1) is 18.1 Å². The Bertz CT molecular complexity index is 901. The van der Waals surface area contributed by atoms with Gasteiger partial charge in [0, 0.05) is 28.8 Å². The summed E-state index contributed by atoms with van der Waals surface area (Å²) in [6.45, 7) is 0. The summed E-state index contributed by atoms with van der Waals surface area (Å²) in [5, 5.41) is 13.8. The van der Waals surface area contributed by atoms with Crippen LogP contribution in [0.3, 0.4) is 0 Å². The number of hydrogen-bond acceptors (Lipinski definition) is 4. The molecule has 0 unspecified atom stereocenters. The molecule has 2 N–H and O–H groups in total. The lowest BCUT2D eigenvalue weighted by molar-refractivity contribution is 0.0931. The molecule has 5 nitrogen and oxygen atoms in total. The molecular weight excluding hydrogens is 328 g/mol. The zero-order valence-electron chi connectivity index (χ0n) is 14.5. The van der Waals surface area contributed by atoms with Gasteiger partial charge in [0.2, 0.25) is 0 Å². The maximum Gasteiger partial charge on any atom is 0.251 e. The van der Waals surface area contributed by atoms with Crippen molar-refractivity contribution in [3.8, 4) is 11.3 Å². The van der Waals surface area contributed by atoms with E-state index in [2.05, 4.69) is 10.3 Å². The predicted molar refractivity (Wildman–Crippen MR) is 99.8 cm³/mol. The summed E-state index contributed by atoms with van der Waals surface area (Å²) in [5.74, 6) is -0.0626. The Labute approximate surface area is 152 Å². The van der Waals surface area contributed by atoms with Gasteiger partial charge in [-0.1, -0.05) is 12.1 Å². The number of furan rings is 1. The van der Waals surface area contributed by atoms with Crippen LogP contribution in [0.2, 0.25) is 0 Å². The Kier molecular flexibility index (Phi) is 4.71. The molecule has 0 aliphatic heterocycles. The number of amides is 1. The number of benzene rings is 1. The molecular formula is C21H22N2O3. The molecule has 2 aromatic heterocycles. The van der Waals surface area contributed by atoms with Gasteiger partial charge in [-0.15, -0.1) is 0 Å². The number of carbonyl (C=O) groups is 1. The number of pyridine rings is 1. The lowest BCUT2D eigenvalue weighted by Crippen LogP contribution is -2.34. The van der Waals surface area contributed by atoms with Crippen LogP contribution in [0.25, 0.3) is 22.2 Å². The Morgan fingerprint density at radius 1 is 1.08 bits per heavy atom. The lowest BCUT2D eigenvalue weighted by atomic mass is 10.0. The van der Waals surface area contributed by atoms with E-state index in [1.165, 1.54) is 0 Å². The van der Waals surface area contributed by atoms with Gasteiger partial charge in [0.15, 0.2) is 0 Å². The first-order chi connectivity index (χ1) is 12.7. The van der Waals surface area contributed by atoms with Gasteiger partial charge in [0.1, 0.15) is 5.58 Å². The van der Waals surface area contributed by atoms with Crippen molar-refractivity contribution in [2.45, 2.75) is 44.2 Å². The third-order valence-electron chi connectivity index (χ3n) is 5.07. The number of nitrogens with zero attached hydrogens (tertiary/aromatic N) is 1. The number of aliphatic hydroxyl groups excluding tert-OH is 1. The highest BCUT2D eigenvalue weighted by molar-refractivity contribution is 5.96. The molecule has 134 valence electrons. The van der Waals surface area contributed by atoms with Gasteiger partial charge >= 0.3 is 0 Å². The number of aliphatic hydroxyl groups is 1. The monoisotopic (exact) mass is 350 g/mol. The second kappa shape index (κ2) is 7.30. The van der Waals surface area contributed by atoms with E-state index in [0.717, 1.165) is 54.3 Å². The number of hydrogen-bond donors (Lipinski definition) is 2. The second-order valence-electron chi connectivity index (χ2n) is 6.90. The Morgan fingerprint density at radius 3 is 2.77 bits per heavy atom. The van der Waals surface area contributed by atoms with Crippen molar-refractivity contribution in [3.05, 3.63) is 54.4 Å². The highest BCUT2D eigenvalue weighted by Crippen LogP contribution is 2.27. The smallest absolute Gasteiger partial charge is 0.251 e. The van der Waals surface area contributed by atoms with E-state index in [-0.39, 0.29) is 18.1 Å². The summed E-state index contributed by atoms with van der Waals surface area (Å²) in [4.78, 5) is 17.0. The minimum Gasteiger partial charge on any atom is -0.464 e. The molecule has 2 heterocycles. The Morgan fingerprint density at radius 2 is 1.92 bits per heavy atom. The molecule has 1 fully saturated rings. The van der Waals surface area contributed by atoms with Crippen molar-refractivity contribution in [1.29, 1.82) is 0 Å². The molecule has 0 spiro atoms. The summed E-state index contributed by atoms with van der Waals surface area (Å²) >= 11 is 0. The normalized spacial score (nSPS) is 20.7. The maximum absolute atomic E-state index is 12.5. The first-order valence-electron chi connectivity index (χ1n) is 9.12. The van der Waals surface area contributed by atoms with Crippen molar-refractivity contribution in [3.63, 3.8) is 0 Å². The molecule has 3 aromatic rings. The van der Waals surface area contributed by atoms with Gasteiger partial charge < -0.3 is 14.8 Å². The zero-order chi connectivity index (χ0) is 17.9. The Balaban J connectivity index is 1.49. The molecule has 1 aliphatic rings. The Hall–Kier alpha value is -2.66. The summed E-state index contributed by atoms with van der Waals surface area (Å²) < 4.78 is 5.42. The van der Waals surface area contributed by atoms with Crippen LogP contribution in [0.15, 0.2) is 53.3 Å². The van der Waals surface area contributed by atoms with Crippen LogP contribution in [-0.4, -0.2) is 28.1 Å². The van der Waals surface area contributed by atoms with E-state index in [4.69, 9.17) is 4.42 Å². The fraction of sp³-hybridized carbons (Fsp3) is 0.333. The third kappa shape index (κ3) is 3.48. The van der Waals surface area contributed by atoms with E-state index in [1.807, 2.05) is 36.4 Å². The van der Waals surface area contributed by atoms with E-state index >= 15 is 0 Å². The molecule has 26 heavy (non-hydrogen) atoms. The molecule has 0 bridgehead atoms. The largest absolute Gasteiger partial charge is 0.464 e. The van der Waals surface area contributed by atoms with Crippen molar-refractivity contribution < 1.29 is 14.3 Å². The fourth-order valence-corrected chi connectivity index (χ4v) is 3.60. The average molecular weight is 350 g/mol. The van der Waals surface area contributed by atoms with Crippen molar-refractivity contribution >= 4 is 16.9 Å². The van der Waals surface area contributed by atoms with Gasteiger partial charge in [-0.25, -0.2) is 0 Å². The second-order valence-corrected chi connectivity index (χ2v) is 6.90. The van der Waals surface area contributed by atoms with Crippen molar-refractivity contribution in [1.82, 2.24) is 10.3 Å². The van der Waals surface area contributed by atoms with Crippen LogP contribution in [0.1, 0.15) is 42.5 Å². The summed E-state index contributed by atoms with van der Waals surface area (Å²) in [5.41, 5.74) is 3.23. The molecule has 2 atom stereocenters. The highest BCUT2D eigenvalue weighted by Gasteiger charge is 2.19. The molecule has 5 heteroatoms. The molecule has 1 aliphatic carbocycles. The van der Waals surface area contributed by atoms with Crippen molar-refractivity contribution in [2.24, 2.45) is 0 Å². The average Bonchev–Trinajstić information content (AvgIpc) is 3.06. The number of fused-ring (bicyclic) bond motifs is 1. The van der Waals surface area contributed by atoms with Gasteiger partial charge in [0.25, 0.3) is 5.91 Å². The quantitative estimate of drug-likeness (QED) is 0.702. The van der Waals surface area contributed by atoms with Gasteiger partial charge in [-0.2, -0.15) is 0 Å². The van der Waals surface area contributed by atoms with Crippen molar-refractivity contribution in [2.75, 3.05) is 0 Å². The number of nitrogens with one attached hydrogen (secondary N) is 1. The molecule has 1 amide bonds. The van der Waals surface area contributed by atoms with Crippen LogP contribution >= 0.6 is 0 Å². The van der Waals surface area contributed by atoms with E-state index in [9.17, 15) is 9.90 Å². The lowest BCUT2D eigenvalue weighted by Gasteiger charge is -2.16. The van der Waals surface area contributed by atoms with Crippen LogP contribution in [0.5, 0.6) is 0 Å². The molecule has 0 radical (unpaired) electrons. The van der Waals surface area contributed by atoms with E-state index in [0.29, 0.717) is 5.56 Å². The molecule has 1 saturated carbocycles. The number of rotatable bonds is 3. The summed E-state index contributed by atoms with van der Waals surface area (Å²) in [6.07, 6.45) is 7.44. The fourth-order valence-electron chi connectivity index (χ4n) is 3.60. The highest BCUT2D eigenvalue weighted by atomic mass is 16.3. The van der Waals surface area contributed by atoms with Crippen LogP contribution in [0.4, 0.5) is 0 Å². The maximum atomic E-state index is 12.5. The number of aromatic nitrogens is 1. The van der Waals surface area contributed by atoms with Gasteiger partial charge in [-0.3, -0.25) is 9.78 Å². The van der Waals surface area contributed by atoms with E-state index in [1.54, 1.807) is 12.5 Å². The first-order valence-corrected chi connectivity index (χ1v) is 9.12. The minimum absolute atomic E-state index is 0.0626. The first kappa shape index (κ1) is 16.8. The standard InChI is InChI=1S/C21H22N2O3/c24-17-3-1-2-16(8-9-17)23-21(25)15-6-4-14(5-7-15)20-18-11-13-26-19(18)10-12-22-20/h4-7,10-13,16-17,24H,1-3,8-9H2,(H,23,25)/t16-,17+/m1/s1. The minimum atomic E-state index is -0.227. The van der Waals surface area contributed by atoms with E-state index < -0.39 is 0 Å². The zero-order valence-corrected chi connectivity index (χ0v) is 14.5. The van der Waals surface area contributed by atoms with Crippen LogP contribution < -0.4 is 5.32 Å². The SMILES string of the molecule is O=C(N[C@@H]1CCC[C@H](O)CC1)c1ccc(-c2nccc3occc23)cc1. The predicted octanol–water partition coefficient (Wildman–Crippen LogP) is 3.92. The van der Waals surface area contributed by atoms with Crippen LogP contribution in [0, 0.1) is 0 Å². The topological polar surface area (TPSA) is 75.4 Å². The summed E-state index contributed by atoms with van der Waals surface area (Å²) in [6, 6.07) is 11.4. The number of carbonyl (C=O) groups excluding carboxylic acids is 1. The molecule has 0 saturated heterocycles. The van der Waals surface area contributed by atoms with Gasteiger partial charge in [-0.05, 0) is 56.4 Å². The summed E-state index contributed by atoms with van der Waals surface area (Å²) in [7, 11) is 0. The van der Waals surface area contributed by atoms with Crippen LogP contribution in [-0.2, 0) is 0 Å². The molecule has 1 aromatic carbocycles. The molecule has 4 rings (SSSR count). The third-order valence-corrected chi connectivity index (χ3v) is 5.07.